The van der Waals surface area contributed by atoms with Gasteiger partial charge in [0.25, 0.3) is 0 Å². The van der Waals surface area contributed by atoms with Crippen LogP contribution >= 0.6 is 0 Å². The standard InChI is InChI=1S/C35H48O14/c1-7-19(2)17-20(3)13-14-25(37)47-28-27(38)33(48-29(30(39)40)34(45,31(41)42)35(28,49-33)32(43)44)16-15-21(4)26(46-23(6)36)22(5)18-24-11-9-8-10-12-24/h8-12,19-20,22,26-29,38,45H,4,7,13-18H2,1-3,5-6H3,(H,39,40)(H,41,42)(H,43,44)/t19-,20+,22-,26-,27+,28+,29+,33-,34+,35-/m0/s1. The SMILES string of the molecule is C=C(CC[C@]12O[C@H](C(=O)O)[C@@](O)(C(=O)O)[C@](C(=O)O)(O1)[C@H](OC(=O)CC[C@@H](C)C[C@@H](C)CC)[C@H]2O)[C@H](OC(C)=O)[C@@H](C)Cc1ccccc1. The van der Waals surface area contributed by atoms with Gasteiger partial charge in [0, 0.05) is 25.7 Å². The largest absolute Gasteiger partial charge is 0.479 e. The van der Waals surface area contributed by atoms with Gasteiger partial charge in [-0.3, -0.25) is 9.59 Å². The first-order chi connectivity index (χ1) is 22.9. The minimum atomic E-state index is -3.87. The summed E-state index contributed by atoms with van der Waals surface area (Å²) in [7, 11) is 0. The van der Waals surface area contributed by atoms with Gasteiger partial charge >= 0.3 is 29.8 Å². The Kier molecular flexibility index (Phi) is 12.8. The van der Waals surface area contributed by atoms with Crippen LogP contribution in [-0.4, -0.2) is 96.8 Å². The third-order valence-electron chi connectivity index (χ3n) is 9.61. The predicted molar refractivity (Wildman–Crippen MR) is 171 cm³/mol. The second-order valence-corrected chi connectivity index (χ2v) is 13.5. The smallest absolute Gasteiger partial charge is 0.344 e. The van der Waals surface area contributed by atoms with Gasteiger partial charge in [0.15, 0.2) is 6.10 Å². The zero-order valence-electron chi connectivity index (χ0n) is 28.5. The summed E-state index contributed by atoms with van der Waals surface area (Å²) in [6, 6.07) is 9.31. The van der Waals surface area contributed by atoms with E-state index in [0.29, 0.717) is 18.8 Å². The van der Waals surface area contributed by atoms with Crippen LogP contribution < -0.4 is 0 Å². The highest BCUT2D eigenvalue weighted by Crippen LogP contribution is 2.56. The fraction of sp³-hybridized carbons (Fsp3) is 0.629. The molecule has 1 aromatic rings. The van der Waals surface area contributed by atoms with E-state index in [-0.39, 0.29) is 30.3 Å². The number of esters is 2. The molecule has 14 nitrogen and oxygen atoms in total. The lowest BCUT2D eigenvalue weighted by Crippen LogP contribution is -2.78. The van der Waals surface area contributed by atoms with Crippen LogP contribution in [0.25, 0.3) is 0 Å². The van der Waals surface area contributed by atoms with Crippen molar-refractivity contribution >= 4 is 29.8 Å². The maximum Gasteiger partial charge on any atom is 0.344 e. The minimum absolute atomic E-state index is 0.0578. The molecule has 49 heavy (non-hydrogen) atoms. The first kappa shape index (κ1) is 39.6. The van der Waals surface area contributed by atoms with Gasteiger partial charge < -0.3 is 44.5 Å². The van der Waals surface area contributed by atoms with Crippen molar-refractivity contribution in [3.63, 3.8) is 0 Å². The highest BCUT2D eigenvalue weighted by atomic mass is 16.8. The molecular weight excluding hydrogens is 644 g/mol. The first-order valence-corrected chi connectivity index (χ1v) is 16.4. The first-order valence-electron chi connectivity index (χ1n) is 16.4. The van der Waals surface area contributed by atoms with Crippen molar-refractivity contribution in [2.45, 2.75) is 121 Å². The van der Waals surface area contributed by atoms with Crippen molar-refractivity contribution in [1.82, 2.24) is 0 Å². The molecule has 0 amide bonds. The fourth-order valence-electron chi connectivity index (χ4n) is 6.83. The third kappa shape index (κ3) is 7.98. The Morgan fingerprint density at radius 2 is 1.61 bits per heavy atom. The highest BCUT2D eigenvalue weighted by molar-refractivity contribution is 5.98. The summed E-state index contributed by atoms with van der Waals surface area (Å²) >= 11 is 0. The van der Waals surface area contributed by atoms with Crippen LogP contribution in [0.1, 0.15) is 78.7 Å². The van der Waals surface area contributed by atoms with Crippen LogP contribution in [0, 0.1) is 17.8 Å². The van der Waals surface area contributed by atoms with Gasteiger partial charge in [0.05, 0.1) is 0 Å². The van der Waals surface area contributed by atoms with Crippen molar-refractivity contribution in [1.29, 1.82) is 0 Å². The molecule has 2 saturated heterocycles. The second kappa shape index (κ2) is 15.8. The van der Waals surface area contributed by atoms with Gasteiger partial charge in [-0.2, -0.15) is 0 Å². The van der Waals surface area contributed by atoms with Crippen LogP contribution in [0.3, 0.4) is 0 Å². The lowest BCUT2D eigenvalue weighted by molar-refractivity contribution is -0.374. The number of rotatable bonds is 18. The quantitative estimate of drug-likeness (QED) is 0.110. The fourth-order valence-corrected chi connectivity index (χ4v) is 6.83. The topological polar surface area (TPSA) is 223 Å². The molecule has 272 valence electrons. The number of aliphatic hydroxyl groups is 2. The lowest BCUT2D eigenvalue weighted by Gasteiger charge is -2.48. The molecular formula is C35H48O14. The van der Waals surface area contributed by atoms with E-state index in [9.17, 15) is 49.5 Å². The Morgan fingerprint density at radius 1 is 0.980 bits per heavy atom. The monoisotopic (exact) mass is 692 g/mol. The van der Waals surface area contributed by atoms with Crippen LogP contribution in [-0.2, 0) is 49.3 Å². The highest BCUT2D eigenvalue weighted by Gasteiger charge is 2.85. The number of carbonyl (C=O) groups is 5. The lowest BCUT2D eigenvalue weighted by atomic mass is 9.74. The van der Waals surface area contributed by atoms with Crippen molar-refractivity contribution in [3.8, 4) is 0 Å². The number of fused-ring (bicyclic) bond motifs is 2. The molecule has 2 aliphatic rings. The molecule has 3 rings (SSSR count). The number of carbonyl (C=O) groups excluding carboxylic acids is 2. The Bertz CT molecular complexity index is 1400. The van der Waals surface area contributed by atoms with Crippen LogP contribution in [0.15, 0.2) is 42.5 Å². The van der Waals surface area contributed by atoms with Crippen LogP contribution in [0.4, 0.5) is 0 Å². The van der Waals surface area contributed by atoms with E-state index < -0.39 is 77.7 Å². The number of hydrogen-bond donors (Lipinski definition) is 5. The molecule has 0 aromatic heterocycles. The van der Waals surface area contributed by atoms with E-state index in [2.05, 4.69) is 13.5 Å². The van der Waals surface area contributed by atoms with Crippen molar-refractivity contribution in [2.24, 2.45) is 17.8 Å². The molecule has 0 unspecified atom stereocenters. The summed E-state index contributed by atoms with van der Waals surface area (Å²) < 4.78 is 22.2. The molecule has 0 saturated carbocycles. The molecule has 2 fully saturated rings. The maximum absolute atomic E-state index is 13.1. The zero-order valence-corrected chi connectivity index (χ0v) is 28.5. The Balaban J connectivity index is 1.98. The number of carboxylic acids is 3. The summed E-state index contributed by atoms with van der Waals surface area (Å²) in [5.74, 6) is -10.8. The van der Waals surface area contributed by atoms with E-state index in [1.807, 2.05) is 51.1 Å². The second-order valence-electron chi connectivity index (χ2n) is 13.5. The Hall–Kier alpha value is -3.85. The number of aliphatic hydroxyl groups excluding tert-OH is 1. The summed E-state index contributed by atoms with van der Waals surface area (Å²) in [5.41, 5.74) is -6.20. The van der Waals surface area contributed by atoms with Gasteiger partial charge in [-0.25, -0.2) is 14.4 Å². The van der Waals surface area contributed by atoms with Gasteiger partial charge in [-0.05, 0) is 48.7 Å². The predicted octanol–water partition coefficient (Wildman–Crippen LogP) is 3.11. The number of hydrogen-bond acceptors (Lipinski definition) is 11. The van der Waals surface area contributed by atoms with E-state index >= 15 is 0 Å². The van der Waals surface area contributed by atoms with Crippen molar-refractivity contribution in [3.05, 3.63) is 48.0 Å². The third-order valence-corrected chi connectivity index (χ3v) is 9.61. The molecule has 2 heterocycles. The average Bonchev–Trinajstić information content (AvgIpc) is 3.25. The molecule has 0 aliphatic carbocycles. The van der Waals surface area contributed by atoms with Gasteiger partial charge in [-0.15, -0.1) is 0 Å². The van der Waals surface area contributed by atoms with E-state index in [0.717, 1.165) is 18.4 Å². The zero-order chi connectivity index (χ0) is 36.9. The normalized spacial score (nSPS) is 30.0. The number of benzene rings is 1. The van der Waals surface area contributed by atoms with Gasteiger partial charge in [-0.1, -0.05) is 71.0 Å². The van der Waals surface area contributed by atoms with Crippen LogP contribution in [0.5, 0.6) is 0 Å². The van der Waals surface area contributed by atoms with E-state index in [4.69, 9.17) is 18.9 Å². The molecule has 1 aromatic carbocycles. The Morgan fingerprint density at radius 3 is 2.14 bits per heavy atom. The molecule has 10 atom stereocenters. The minimum Gasteiger partial charge on any atom is -0.479 e. The maximum atomic E-state index is 13.1. The summed E-state index contributed by atoms with van der Waals surface area (Å²) in [6.45, 7) is 13.0. The van der Waals surface area contributed by atoms with E-state index in [1.54, 1.807) is 0 Å². The number of ether oxygens (including phenoxy) is 4. The average molecular weight is 693 g/mol. The van der Waals surface area contributed by atoms with Crippen LogP contribution in [0.2, 0.25) is 0 Å². The molecule has 2 aliphatic heterocycles. The summed E-state index contributed by atoms with van der Waals surface area (Å²) in [4.78, 5) is 63.1. The Labute approximate surface area is 285 Å². The molecule has 0 radical (unpaired) electrons. The van der Waals surface area contributed by atoms with Gasteiger partial charge in [0.1, 0.15) is 12.2 Å². The van der Waals surface area contributed by atoms with E-state index in [1.165, 1.54) is 6.92 Å². The number of carboxylic acid groups (broad SMARTS) is 3. The molecule has 0 spiro atoms. The summed E-state index contributed by atoms with van der Waals surface area (Å²) in [5, 5.41) is 53.6. The van der Waals surface area contributed by atoms with Crippen molar-refractivity contribution < 1.29 is 68.5 Å². The van der Waals surface area contributed by atoms with Crippen molar-refractivity contribution in [2.75, 3.05) is 0 Å². The van der Waals surface area contributed by atoms with Gasteiger partial charge in [0.2, 0.25) is 23.1 Å². The molecule has 2 bridgehead atoms. The molecule has 14 heteroatoms. The number of aliphatic carboxylic acids is 3. The summed E-state index contributed by atoms with van der Waals surface area (Å²) in [6.07, 6.45) is -6.96. The molecule has 5 N–H and O–H groups in total.